The number of aromatic nitrogens is 3. The Morgan fingerprint density at radius 3 is 2.60 bits per heavy atom. The third kappa shape index (κ3) is 5.26. The number of hydrogen-bond acceptors (Lipinski definition) is 8. The van der Waals surface area contributed by atoms with E-state index in [1.807, 2.05) is 0 Å². The number of carboxylic acid groups (broad SMARTS) is 1. The number of carboxylic acids is 1. The van der Waals surface area contributed by atoms with E-state index in [0.717, 1.165) is 9.18 Å². The zero-order valence-corrected chi connectivity index (χ0v) is 23.4. The molecular formula is C26H23ClN6O5S2. The Morgan fingerprint density at radius 1 is 1.15 bits per heavy atom. The van der Waals surface area contributed by atoms with Gasteiger partial charge in [-0.15, -0.1) is 23.7 Å². The zero-order valence-electron chi connectivity index (χ0n) is 20.9. The molecule has 0 atom stereocenters. The summed E-state index contributed by atoms with van der Waals surface area (Å²) in [5.41, 5.74) is 6.49. The number of nitrogens with zero attached hydrogens (tertiary/aromatic N) is 4. The van der Waals surface area contributed by atoms with E-state index in [0.29, 0.717) is 21.3 Å². The van der Waals surface area contributed by atoms with Crippen molar-refractivity contribution >= 4 is 73.2 Å². The number of sulfonamides is 1. The Hall–Kier alpha value is -4.33. The first-order chi connectivity index (χ1) is 18.6. The Bertz CT molecular complexity index is 1950. The van der Waals surface area contributed by atoms with Crippen LogP contribution in [0.25, 0.3) is 21.9 Å². The van der Waals surface area contributed by atoms with Gasteiger partial charge in [-0.3, -0.25) is 24.3 Å². The van der Waals surface area contributed by atoms with Gasteiger partial charge in [0, 0.05) is 29.9 Å². The number of hydrogen-bond donors (Lipinski definition) is 3. The lowest BCUT2D eigenvalue weighted by atomic mass is 10.2. The van der Waals surface area contributed by atoms with Crippen molar-refractivity contribution < 1.29 is 18.3 Å². The van der Waals surface area contributed by atoms with Crippen LogP contribution in [0, 0.1) is 5.41 Å². The number of rotatable bonds is 8. The second kappa shape index (κ2) is 11.0. The minimum Gasteiger partial charge on any atom is -0.480 e. The third-order valence-corrected chi connectivity index (χ3v) is 9.05. The molecule has 0 radical (unpaired) electrons. The van der Waals surface area contributed by atoms with Crippen molar-refractivity contribution in [3.8, 4) is 0 Å². The monoisotopic (exact) mass is 598 g/mol. The van der Waals surface area contributed by atoms with Crippen LogP contribution in [0.15, 0.2) is 76.6 Å². The van der Waals surface area contributed by atoms with Gasteiger partial charge in [-0.25, -0.2) is 13.4 Å². The van der Waals surface area contributed by atoms with E-state index in [-0.39, 0.29) is 52.0 Å². The number of pyridine rings is 1. The van der Waals surface area contributed by atoms with Gasteiger partial charge in [0.15, 0.2) is 0 Å². The lowest BCUT2D eigenvalue weighted by molar-refractivity contribution is -0.135. The number of amidine groups is 1. The molecular weight excluding hydrogens is 576 g/mol. The molecule has 0 fully saturated rings. The molecule has 0 aliphatic heterocycles. The molecule has 5 rings (SSSR count). The van der Waals surface area contributed by atoms with Gasteiger partial charge in [-0.1, -0.05) is 18.2 Å². The summed E-state index contributed by atoms with van der Waals surface area (Å²) in [6.45, 7) is -0.835. The number of benzene rings is 2. The molecule has 3 aromatic heterocycles. The van der Waals surface area contributed by atoms with Crippen molar-refractivity contribution in [3.05, 3.63) is 92.7 Å². The maximum absolute atomic E-state index is 13.8. The van der Waals surface area contributed by atoms with E-state index in [4.69, 9.17) is 11.1 Å². The summed E-state index contributed by atoms with van der Waals surface area (Å²) in [7, 11) is -2.78. The van der Waals surface area contributed by atoms with Gasteiger partial charge in [-0.05, 0) is 42.5 Å². The lowest BCUT2D eigenvalue weighted by Crippen LogP contribution is -2.36. The molecule has 3 heterocycles. The summed E-state index contributed by atoms with van der Waals surface area (Å²) in [5.74, 6) is -1.42. The summed E-state index contributed by atoms with van der Waals surface area (Å²) in [6, 6.07) is 16.0. The summed E-state index contributed by atoms with van der Waals surface area (Å²) in [6.07, 6.45) is 1.65. The van der Waals surface area contributed by atoms with E-state index in [9.17, 15) is 23.1 Å². The average molecular weight is 599 g/mol. The van der Waals surface area contributed by atoms with Crippen LogP contribution in [0.5, 0.6) is 0 Å². The molecule has 0 spiro atoms. The minimum absolute atomic E-state index is 0. The highest BCUT2D eigenvalue weighted by molar-refractivity contribution is 7.93. The quantitative estimate of drug-likeness (QED) is 0.180. The van der Waals surface area contributed by atoms with Crippen LogP contribution in [-0.4, -0.2) is 46.4 Å². The van der Waals surface area contributed by atoms with Crippen molar-refractivity contribution in [2.45, 2.75) is 11.3 Å². The summed E-state index contributed by atoms with van der Waals surface area (Å²) in [4.78, 5) is 34.7. The molecule has 0 saturated carbocycles. The Kier molecular flexibility index (Phi) is 7.91. The molecule has 5 aromatic rings. The smallest absolute Gasteiger partial charge is 0.324 e. The number of halogens is 1. The predicted octanol–water partition coefficient (Wildman–Crippen LogP) is 3.12. The Labute approximate surface area is 238 Å². The molecule has 0 unspecified atom stereocenters. The molecule has 0 bridgehead atoms. The van der Waals surface area contributed by atoms with Crippen LogP contribution in [-0.2, 0) is 28.3 Å². The number of aliphatic carboxylic acids is 1. The molecule has 40 heavy (non-hydrogen) atoms. The maximum Gasteiger partial charge on any atom is 0.324 e. The fraction of sp³-hybridized carbons (Fsp3) is 0.115. The lowest BCUT2D eigenvalue weighted by Gasteiger charge is -2.23. The normalized spacial score (nSPS) is 11.3. The molecule has 206 valence electrons. The molecule has 11 nitrogen and oxygen atoms in total. The van der Waals surface area contributed by atoms with Gasteiger partial charge < -0.3 is 15.4 Å². The molecule has 0 amide bonds. The third-order valence-electron chi connectivity index (χ3n) is 6.13. The van der Waals surface area contributed by atoms with Crippen molar-refractivity contribution in [2.75, 3.05) is 10.8 Å². The van der Waals surface area contributed by atoms with Crippen LogP contribution in [0.1, 0.15) is 15.4 Å². The van der Waals surface area contributed by atoms with Gasteiger partial charge in [-0.2, -0.15) is 0 Å². The highest BCUT2D eigenvalue weighted by Crippen LogP contribution is 2.30. The average Bonchev–Trinajstić information content (AvgIpc) is 3.38. The predicted molar refractivity (Wildman–Crippen MR) is 156 cm³/mol. The van der Waals surface area contributed by atoms with Crippen LogP contribution < -0.4 is 15.6 Å². The Morgan fingerprint density at radius 2 is 1.90 bits per heavy atom. The highest BCUT2D eigenvalue weighted by atomic mass is 35.5. The number of nitrogens with two attached hydrogens (primary N) is 1. The fourth-order valence-electron chi connectivity index (χ4n) is 4.28. The second-order valence-corrected chi connectivity index (χ2v) is 11.7. The first kappa shape index (κ1) is 28.7. The zero-order chi connectivity index (χ0) is 27.9. The summed E-state index contributed by atoms with van der Waals surface area (Å²) >= 11 is 1.28. The largest absolute Gasteiger partial charge is 0.480 e. The molecule has 14 heteroatoms. The molecule has 2 aromatic carbocycles. The molecule has 0 aliphatic rings. The topological polar surface area (TPSA) is 172 Å². The van der Waals surface area contributed by atoms with Crippen LogP contribution >= 0.6 is 23.7 Å². The summed E-state index contributed by atoms with van der Waals surface area (Å²) < 4.78 is 29.9. The van der Waals surface area contributed by atoms with Gasteiger partial charge in [0.2, 0.25) is 0 Å². The van der Waals surface area contributed by atoms with E-state index < -0.39 is 22.5 Å². The number of anilines is 1. The van der Waals surface area contributed by atoms with Crippen molar-refractivity contribution in [1.82, 2.24) is 14.5 Å². The number of para-hydroxylation sites is 1. The second-order valence-electron chi connectivity index (χ2n) is 8.69. The molecule has 0 aliphatic carbocycles. The molecule has 4 N–H and O–H groups in total. The number of fused-ring (bicyclic) bond motifs is 2. The number of aryl methyl sites for hydroxylation is 1. The standard InChI is InChI=1S/C26H22N6O5S2.ClH/c1-31-20-9-7-16(12-18(20)30-19(26(31)35)13-17-8-10-21(38-17)25(27)28)32(14-23(33)34)39(36,37)22-6-2-4-15-5-3-11-29-24(15)22;/h2-12H,13-14H2,1H3,(H3,27,28)(H,33,34);1H. The fourth-order valence-corrected chi connectivity index (χ4v) is 6.72. The van der Waals surface area contributed by atoms with E-state index in [1.165, 1.54) is 46.4 Å². The SMILES string of the molecule is Cl.Cn1c(=O)c(Cc2ccc(C(=N)N)s2)nc2cc(N(CC(=O)O)S(=O)(=O)c3cccc4cccnc34)ccc21. The van der Waals surface area contributed by atoms with Crippen LogP contribution in [0.4, 0.5) is 5.69 Å². The van der Waals surface area contributed by atoms with E-state index >= 15 is 0 Å². The Balaban J connectivity index is 0.00000370. The van der Waals surface area contributed by atoms with Gasteiger partial charge >= 0.3 is 5.97 Å². The number of nitrogens with one attached hydrogen (secondary N) is 1. The van der Waals surface area contributed by atoms with Crippen molar-refractivity contribution in [2.24, 2.45) is 12.8 Å². The van der Waals surface area contributed by atoms with Crippen LogP contribution in [0.3, 0.4) is 0 Å². The number of nitrogen functional groups attached to an aromatic ring is 1. The number of carbonyl (C=O) groups is 1. The maximum atomic E-state index is 13.8. The summed E-state index contributed by atoms with van der Waals surface area (Å²) in [5, 5.41) is 17.8. The van der Waals surface area contributed by atoms with Gasteiger partial charge in [0.05, 0.1) is 27.1 Å². The van der Waals surface area contributed by atoms with E-state index in [2.05, 4.69) is 9.97 Å². The van der Waals surface area contributed by atoms with Gasteiger partial charge in [0.25, 0.3) is 15.6 Å². The first-order valence-electron chi connectivity index (χ1n) is 11.6. The van der Waals surface area contributed by atoms with Gasteiger partial charge in [0.1, 0.15) is 23.0 Å². The van der Waals surface area contributed by atoms with Crippen molar-refractivity contribution in [3.63, 3.8) is 0 Å². The molecule has 0 saturated heterocycles. The minimum atomic E-state index is -4.36. The number of thiophene rings is 1. The van der Waals surface area contributed by atoms with Crippen LogP contribution in [0.2, 0.25) is 0 Å². The van der Waals surface area contributed by atoms with E-state index in [1.54, 1.807) is 43.4 Å². The first-order valence-corrected chi connectivity index (χ1v) is 13.8. The van der Waals surface area contributed by atoms with Crippen molar-refractivity contribution in [1.29, 1.82) is 5.41 Å². The highest BCUT2D eigenvalue weighted by Gasteiger charge is 2.29.